The molecule has 164 valence electrons. The highest BCUT2D eigenvalue weighted by atomic mass is 35.5. The Bertz CT molecular complexity index is 1040. The van der Waals surface area contributed by atoms with Gasteiger partial charge in [0.2, 0.25) is 0 Å². The number of fused-ring (bicyclic) bond motifs is 1. The van der Waals surface area contributed by atoms with E-state index in [4.69, 9.17) is 27.9 Å². The van der Waals surface area contributed by atoms with Crippen molar-refractivity contribution in [1.29, 1.82) is 0 Å². The number of hydrogen-bond acceptors (Lipinski definition) is 6. The van der Waals surface area contributed by atoms with Crippen LogP contribution in [0.25, 0.3) is 0 Å². The van der Waals surface area contributed by atoms with Crippen LogP contribution in [0.4, 0.5) is 5.00 Å². The fourth-order valence-corrected chi connectivity index (χ4v) is 4.96. The minimum Gasteiger partial charge on any atom is -0.462 e. The topological polar surface area (TPSA) is 96.9 Å². The van der Waals surface area contributed by atoms with Gasteiger partial charge >= 0.3 is 17.8 Å². The highest BCUT2D eigenvalue weighted by Gasteiger charge is 2.27. The first-order valence-electron chi connectivity index (χ1n) is 9.81. The number of halogens is 2. The lowest BCUT2D eigenvalue weighted by Gasteiger charge is -2.08. The van der Waals surface area contributed by atoms with Crippen molar-refractivity contribution in [1.82, 2.24) is 5.43 Å². The molecular formula is C21H21Cl2N3O4S. The van der Waals surface area contributed by atoms with Gasteiger partial charge in [0.1, 0.15) is 5.00 Å². The van der Waals surface area contributed by atoms with E-state index < -0.39 is 17.8 Å². The minimum atomic E-state index is -0.972. The van der Waals surface area contributed by atoms with Gasteiger partial charge in [-0.05, 0) is 50.3 Å². The number of anilines is 1. The minimum absolute atomic E-state index is 0.222. The third kappa shape index (κ3) is 5.84. The number of benzene rings is 1. The number of carbonyl (C=O) groups is 3. The number of thiophene rings is 1. The second kappa shape index (κ2) is 10.7. The first-order chi connectivity index (χ1) is 14.9. The third-order valence-electron chi connectivity index (χ3n) is 4.67. The molecule has 0 radical (unpaired) electrons. The normalized spacial score (nSPS) is 13.4. The molecule has 0 bridgehead atoms. The molecule has 10 heteroatoms. The summed E-state index contributed by atoms with van der Waals surface area (Å²) in [6.07, 6.45) is 5.96. The summed E-state index contributed by atoms with van der Waals surface area (Å²) in [4.78, 5) is 38.2. The van der Waals surface area contributed by atoms with E-state index in [1.54, 1.807) is 19.1 Å². The summed E-state index contributed by atoms with van der Waals surface area (Å²) >= 11 is 13.2. The number of hydrogen-bond donors (Lipinski definition) is 2. The molecule has 1 aliphatic rings. The van der Waals surface area contributed by atoms with Crippen molar-refractivity contribution in [3.05, 3.63) is 49.8 Å². The molecule has 7 nitrogen and oxygen atoms in total. The van der Waals surface area contributed by atoms with Crippen LogP contribution in [-0.2, 0) is 27.2 Å². The van der Waals surface area contributed by atoms with E-state index in [9.17, 15) is 14.4 Å². The maximum absolute atomic E-state index is 12.5. The number of esters is 1. The van der Waals surface area contributed by atoms with E-state index in [-0.39, 0.29) is 6.61 Å². The van der Waals surface area contributed by atoms with Crippen LogP contribution in [-0.4, -0.2) is 30.6 Å². The predicted molar refractivity (Wildman–Crippen MR) is 122 cm³/mol. The van der Waals surface area contributed by atoms with Crippen LogP contribution in [0.1, 0.15) is 52.5 Å². The number of nitrogens with zero attached hydrogens (tertiary/aromatic N) is 1. The predicted octanol–water partition coefficient (Wildman–Crippen LogP) is 4.59. The summed E-state index contributed by atoms with van der Waals surface area (Å²) in [6.45, 7) is 1.94. The molecule has 0 fully saturated rings. The molecule has 0 saturated carbocycles. The van der Waals surface area contributed by atoms with Crippen LogP contribution in [0.3, 0.4) is 0 Å². The van der Waals surface area contributed by atoms with E-state index in [1.165, 1.54) is 23.6 Å². The van der Waals surface area contributed by atoms with Gasteiger partial charge in [0, 0.05) is 15.5 Å². The van der Waals surface area contributed by atoms with Crippen molar-refractivity contribution in [2.45, 2.75) is 39.0 Å². The van der Waals surface area contributed by atoms with Gasteiger partial charge in [0.05, 0.1) is 23.4 Å². The van der Waals surface area contributed by atoms with E-state index in [1.807, 2.05) is 0 Å². The summed E-state index contributed by atoms with van der Waals surface area (Å²) in [5.74, 6) is -2.39. The van der Waals surface area contributed by atoms with E-state index >= 15 is 0 Å². The summed E-state index contributed by atoms with van der Waals surface area (Å²) in [6, 6.07) is 4.79. The number of aryl methyl sites for hydroxylation is 1. The van der Waals surface area contributed by atoms with Gasteiger partial charge < -0.3 is 10.1 Å². The molecule has 2 aromatic rings. The fraction of sp³-hybridized carbons (Fsp3) is 0.333. The molecule has 2 N–H and O–H groups in total. The maximum atomic E-state index is 12.5. The monoisotopic (exact) mass is 481 g/mol. The van der Waals surface area contributed by atoms with Gasteiger partial charge in [-0.2, -0.15) is 5.10 Å². The van der Waals surface area contributed by atoms with Crippen molar-refractivity contribution in [3.63, 3.8) is 0 Å². The van der Waals surface area contributed by atoms with Gasteiger partial charge in [0.25, 0.3) is 0 Å². The fourth-order valence-electron chi connectivity index (χ4n) is 3.23. The van der Waals surface area contributed by atoms with Crippen LogP contribution in [0.5, 0.6) is 0 Å². The van der Waals surface area contributed by atoms with Gasteiger partial charge in [0.15, 0.2) is 0 Å². The standard InChI is InChI=1S/C21H21Cl2N3O4S/c1-2-30-21(29)17-14-6-4-3-5-7-16(14)31-20(17)25-18(27)19(28)26-24-11-12-8-9-13(22)10-15(12)23/h8-11H,2-7H2,1H3,(H,25,27)(H,26,28)/b24-11+. The molecular weight excluding hydrogens is 461 g/mol. The van der Waals surface area contributed by atoms with Crippen LogP contribution in [0, 0.1) is 0 Å². The van der Waals surface area contributed by atoms with E-state index in [0.717, 1.165) is 42.5 Å². The zero-order chi connectivity index (χ0) is 22.4. The van der Waals surface area contributed by atoms with Crippen molar-refractivity contribution in [2.24, 2.45) is 5.10 Å². The van der Waals surface area contributed by atoms with Crippen LogP contribution < -0.4 is 10.7 Å². The van der Waals surface area contributed by atoms with Crippen molar-refractivity contribution < 1.29 is 19.1 Å². The van der Waals surface area contributed by atoms with Gasteiger partial charge in [-0.3, -0.25) is 9.59 Å². The number of rotatable bonds is 5. The first-order valence-corrected chi connectivity index (χ1v) is 11.4. The van der Waals surface area contributed by atoms with E-state index in [2.05, 4.69) is 15.8 Å². The number of hydrazone groups is 1. The number of carbonyl (C=O) groups excluding carboxylic acids is 3. The average Bonchev–Trinajstić information content (AvgIpc) is 2.90. The molecule has 31 heavy (non-hydrogen) atoms. The largest absolute Gasteiger partial charge is 0.462 e. The molecule has 3 rings (SSSR count). The molecule has 1 aliphatic carbocycles. The first kappa shape index (κ1) is 23.2. The Morgan fingerprint density at radius 2 is 1.94 bits per heavy atom. The Morgan fingerprint density at radius 1 is 1.16 bits per heavy atom. The summed E-state index contributed by atoms with van der Waals surface area (Å²) in [7, 11) is 0. The maximum Gasteiger partial charge on any atom is 0.341 e. The van der Waals surface area contributed by atoms with Crippen LogP contribution in [0.2, 0.25) is 10.0 Å². The van der Waals surface area contributed by atoms with Crippen molar-refractivity contribution in [3.8, 4) is 0 Å². The van der Waals surface area contributed by atoms with Gasteiger partial charge in [-0.15, -0.1) is 11.3 Å². The molecule has 2 amide bonds. The summed E-state index contributed by atoms with van der Waals surface area (Å²) in [5, 5.41) is 7.46. The molecule has 0 atom stereocenters. The molecule has 0 spiro atoms. The zero-order valence-corrected chi connectivity index (χ0v) is 19.1. The number of ether oxygens (including phenoxy) is 1. The van der Waals surface area contributed by atoms with Crippen molar-refractivity contribution in [2.75, 3.05) is 11.9 Å². The Balaban J connectivity index is 1.72. The van der Waals surface area contributed by atoms with Crippen LogP contribution in [0.15, 0.2) is 23.3 Å². The van der Waals surface area contributed by atoms with Gasteiger partial charge in [-0.1, -0.05) is 35.7 Å². The third-order valence-corrected chi connectivity index (χ3v) is 6.44. The number of nitrogens with one attached hydrogen (secondary N) is 2. The highest BCUT2D eigenvalue weighted by Crippen LogP contribution is 2.38. The van der Waals surface area contributed by atoms with E-state index in [0.29, 0.717) is 26.2 Å². The molecule has 0 aliphatic heterocycles. The number of amides is 2. The highest BCUT2D eigenvalue weighted by molar-refractivity contribution is 7.17. The molecule has 1 aromatic carbocycles. The quantitative estimate of drug-likeness (QED) is 0.214. The lowest BCUT2D eigenvalue weighted by molar-refractivity contribution is -0.136. The molecule has 1 aromatic heterocycles. The Hall–Kier alpha value is -2.42. The molecule has 0 unspecified atom stereocenters. The second-order valence-electron chi connectivity index (χ2n) is 6.81. The smallest absolute Gasteiger partial charge is 0.341 e. The molecule has 1 heterocycles. The SMILES string of the molecule is CCOC(=O)c1c(NC(=O)C(=O)N/N=C/c2ccc(Cl)cc2Cl)sc2c1CCCCC2. The Labute approximate surface area is 193 Å². The van der Waals surface area contributed by atoms with Crippen molar-refractivity contribution >= 4 is 63.5 Å². The van der Waals surface area contributed by atoms with Crippen LogP contribution >= 0.6 is 34.5 Å². The molecule has 0 saturated heterocycles. The average molecular weight is 482 g/mol. The Morgan fingerprint density at radius 3 is 2.68 bits per heavy atom. The lowest BCUT2D eigenvalue weighted by Crippen LogP contribution is -2.32. The van der Waals surface area contributed by atoms with Gasteiger partial charge in [-0.25, -0.2) is 10.2 Å². The summed E-state index contributed by atoms with van der Waals surface area (Å²) in [5.41, 5.74) is 3.94. The lowest BCUT2D eigenvalue weighted by atomic mass is 10.1. The second-order valence-corrected chi connectivity index (χ2v) is 8.76. The zero-order valence-electron chi connectivity index (χ0n) is 16.8. The summed E-state index contributed by atoms with van der Waals surface area (Å²) < 4.78 is 5.18. The Kier molecular flexibility index (Phi) is 8.06.